The van der Waals surface area contributed by atoms with E-state index in [2.05, 4.69) is 13.0 Å². The van der Waals surface area contributed by atoms with Crippen molar-refractivity contribution in [2.75, 3.05) is 0 Å². The lowest BCUT2D eigenvalue weighted by Crippen LogP contribution is -1.94. The van der Waals surface area contributed by atoms with Crippen LogP contribution in [0, 0.1) is 5.92 Å². The molecule has 1 unspecified atom stereocenters. The minimum absolute atomic E-state index is 0.605. The van der Waals surface area contributed by atoms with E-state index in [1.165, 1.54) is 0 Å². The van der Waals surface area contributed by atoms with Gasteiger partial charge in [0, 0.05) is 5.57 Å². The van der Waals surface area contributed by atoms with E-state index < -0.39 is 0 Å². The van der Waals surface area contributed by atoms with Crippen molar-refractivity contribution < 1.29 is 4.79 Å². The van der Waals surface area contributed by atoms with Gasteiger partial charge in [0.15, 0.2) is 0 Å². The third-order valence-electron chi connectivity index (χ3n) is 1.48. The van der Waals surface area contributed by atoms with Gasteiger partial charge in [0.05, 0.1) is 0 Å². The summed E-state index contributed by atoms with van der Waals surface area (Å²) in [5, 5.41) is 0. The summed E-state index contributed by atoms with van der Waals surface area (Å²) in [6.45, 7) is 2.13. The van der Waals surface area contributed by atoms with Crippen LogP contribution < -0.4 is 0 Å². The Balaban J connectivity index is 2.62. The number of aldehydes is 1. The summed E-state index contributed by atoms with van der Waals surface area (Å²) < 4.78 is 0. The molecule has 0 heterocycles. The summed E-state index contributed by atoms with van der Waals surface area (Å²) in [5.41, 5.74) is 0.813. The van der Waals surface area contributed by atoms with E-state index >= 15 is 0 Å². The monoisotopic (exact) mass is 122 g/mol. The van der Waals surface area contributed by atoms with Crippen LogP contribution in [0.2, 0.25) is 0 Å². The van der Waals surface area contributed by atoms with Gasteiger partial charge < -0.3 is 0 Å². The molecule has 0 aromatic rings. The van der Waals surface area contributed by atoms with Crippen LogP contribution in [-0.2, 0) is 4.79 Å². The van der Waals surface area contributed by atoms with Crippen molar-refractivity contribution in [1.29, 1.82) is 0 Å². The van der Waals surface area contributed by atoms with Crippen LogP contribution in [-0.4, -0.2) is 6.29 Å². The Morgan fingerprint density at radius 3 is 3.00 bits per heavy atom. The number of allylic oxidation sites excluding steroid dienone is 4. The molecule has 0 N–H and O–H groups in total. The van der Waals surface area contributed by atoms with Gasteiger partial charge in [-0.2, -0.15) is 0 Å². The van der Waals surface area contributed by atoms with Crippen molar-refractivity contribution in [3.8, 4) is 0 Å². The molecule has 0 amide bonds. The molecule has 0 radical (unpaired) electrons. The lowest BCUT2D eigenvalue weighted by atomic mass is 9.99. The molecular weight excluding hydrogens is 112 g/mol. The van der Waals surface area contributed by atoms with Gasteiger partial charge in [0.2, 0.25) is 0 Å². The third-order valence-corrected chi connectivity index (χ3v) is 1.48. The fourth-order valence-electron chi connectivity index (χ4n) is 0.831. The molecule has 1 heteroatoms. The molecule has 0 saturated heterocycles. The van der Waals surface area contributed by atoms with Crippen LogP contribution in [0.5, 0.6) is 0 Å². The van der Waals surface area contributed by atoms with Gasteiger partial charge in [-0.15, -0.1) is 0 Å². The molecule has 0 fully saturated rings. The maximum absolute atomic E-state index is 10.1. The molecule has 1 atom stereocenters. The molecule has 0 spiro atoms. The fourth-order valence-corrected chi connectivity index (χ4v) is 0.831. The van der Waals surface area contributed by atoms with Crippen molar-refractivity contribution in [1.82, 2.24) is 0 Å². The van der Waals surface area contributed by atoms with E-state index in [0.717, 1.165) is 18.3 Å². The Bertz CT molecular complexity index is 165. The summed E-state index contributed by atoms with van der Waals surface area (Å²) in [7, 11) is 0. The first-order chi connectivity index (χ1) is 4.33. The minimum atomic E-state index is 0.605. The van der Waals surface area contributed by atoms with Gasteiger partial charge in [-0.3, -0.25) is 4.79 Å². The van der Waals surface area contributed by atoms with Gasteiger partial charge in [0.25, 0.3) is 0 Å². The summed E-state index contributed by atoms with van der Waals surface area (Å²) in [5.74, 6) is 0.605. The molecule has 0 aromatic carbocycles. The number of rotatable bonds is 1. The van der Waals surface area contributed by atoms with Crippen molar-refractivity contribution >= 4 is 6.29 Å². The van der Waals surface area contributed by atoms with Gasteiger partial charge in [-0.05, 0) is 12.3 Å². The number of hydrogen-bond acceptors (Lipinski definition) is 1. The molecule has 9 heavy (non-hydrogen) atoms. The second-order valence-electron chi connectivity index (χ2n) is 2.39. The molecule has 1 aliphatic carbocycles. The number of hydrogen-bond donors (Lipinski definition) is 0. The highest BCUT2D eigenvalue weighted by molar-refractivity contribution is 5.77. The van der Waals surface area contributed by atoms with Crippen molar-refractivity contribution in [2.24, 2.45) is 5.92 Å². The number of carbonyl (C=O) groups excluding carboxylic acids is 1. The lowest BCUT2D eigenvalue weighted by Gasteiger charge is -2.06. The molecule has 1 nitrogen and oxygen atoms in total. The smallest absolute Gasteiger partial charge is 0.149 e. The molecule has 0 bridgehead atoms. The summed E-state index contributed by atoms with van der Waals surface area (Å²) in [6.07, 6.45) is 7.80. The summed E-state index contributed by atoms with van der Waals surface area (Å²) in [4.78, 5) is 10.1. The van der Waals surface area contributed by atoms with E-state index in [0.29, 0.717) is 5.92 Å². The van der Waals surface area contributed by atoms with Crippen molar-refractivity contribution in [3.05, 3.63) is 23.8 Å². The number of carbonyl (C=O) groups is 1. The Kier molecular flexibility index (Phi) is 1.83. The predicted octanol–water partition coefficient (Wildman–Crippen LogP) is 1.71. The highest BCUT2D eigenvalue weighted by atomic mass is 16.1. The molecule has 1 rings (SSSR count). The topological polar surface area (TPSA) is 17.1 Å². The van der Waals surface area contributed by atoms with E-state index in [1.807, 2.05) is 12.2 Å². The second kappa shape index (κ2) is 2.62. The van der Waals surface area contributed by atoms with Crippen molar-refractivity contribution in [3.63, 3.8) is 0 Å². The van der Waals surface area contributed by atoms with E-state index in [-0.39, 0.29) is 0 Å². The molecule has 0 aromatic heterocycles. The lowest BCUT2D eigenvalue weighted by molar-refractivity contribution is -0.104. The van der Waals surface area contributed by atoms with Crippen LogP contribution in [0.3, 0.4) is 0 Å². The average molecular weight is 122 g/mol. The van der Waals surface area contributed by atoms with Crippen LogP contribution >= 0.6 is 0 Å². The average Bonchev–Trinajstić information content (AvgIpc) is 1.90. The van der Waals surface area contributed by atoms with Gasteiger partial charge in [-0.1, -0.05) is 25.2 Å². The Labute approximate surface area is 55.1 Å². The van der Waals surface area contributed by atoms with E-state index in [1.54, 1.807) is 0 Å². The molecule has 48 valence electrons. The standard InChI is InChI=1S/C8H10O/c1-7-2-4-8(6-9)5-3-7/h2,4-7H,3H2,1H3. The maximum atomic E-state index is 10.1. The summed E-state index contributed by atoms with van der Waals surface area (Å²) in [6, 6.07) is 0. The fraction of sp³-hybridized carbons (Fsp3) is 0.375. The summed E-state index contributed by atoms with van der Waals surface area (Å²) >= 11 is 0. The van der Waals surface area contributed by atoms with Crippen molar-refractivity contribution in [2.45, 2.75) is 13.3 Å². The zero-order chi connectivity index (χ0) is 6.69. The normalized spacial score (nSPS) is 25.4. The van der Waals surface area contributed by atoms with E-state index in [4.69, 9.17) is 0 Å². The highest BCUT2D eigenvalue weighted by Gasteiger charge is 2.00. The molecule has 0 saturated carbocycles. The van der Waals surface area contributed by atoms with Crippen LogP contribution in [0.4, 0.5) is 0 Å². The van der Waals surface area contributed by atoms with Crippen LogP contribution in [0.25, 0.3) is 0 Å². The first-order valence-electron chi connectivity index (χ1n) is 3.16. The quantitative estimate of drug-likeness (QED) is 0.484. The predicted molar refractivity (Wildman–Crippen MR) is 37.1 cm³/mol. The largest absolute Gasteiger partial charge is 0.298 e. The third kappa shape index (κ3) is 1.53. The zero-order valence-corrected chi connectivity index (χ0v) is 5.50. The zero-order valence-electron chi connectivity index (χ0n) is 5.50. The highest BCUT2D eigenvalue weighted by Crippen LogP contribution is 2.13. The maximum Gasteiger partial charge on any atom is 0.149 e. The molecule has 0 aliphatic heterocycles. The van der Waals surface area contributed by atoms with Gasteiger partial charge >= 0.3 is 0 Å². The van der Waals surface area contributed by atoms with Gasteiger partial charge in [-0.25, -0.2) is 0 Å². The molecular formula is C8H10O. The minimum Gasteiger partial charge on any atom is -0.298 e. The Morgan fingerprint density at radius 2 is 2.56 bits per heavy atom. The first kappa shape index (κ1) is 6.27. The Morgan fingerprint density at radius 1 is 1.78 bits per heavy atom. The first-order valence-corrected chi connectivity index (χ1v) is 3.16. The molecule has 1 aliphatic rings. The van der Waals surface area contributed by atoms with E-state index in [9.17, 15) is 4.79 Å². The second-order valence-corrected chi connectivity index (χ2v) is 2.39. The van der Waals surface area contributed by atoms with Gasteiger partial charge in [0.1, 0.15) is 6.29 Å². The van der Waals surface area contributed by atoms with Crippen LogP contribution in [0.15, 0.2) is 23.8 Å². The van der Waals surface area contributed by atoms with Crippen LogP contribution in [0.1, 0.15) is 13.3 Å². The Hall–Kier alpha value is -0.850. The SMILES string of the molecule is CC1C=CC(C=O)=CC1.